The van der Waals surface area contributed by atoms with Crippen LogP contribution in [-0.2, 0) is 16.0 Å². The average Bonchev–Trinajstić information content (AvgIpc) is 2.62. The minimum atomic E-state index is -5.08. The molecule has 0 saturated heterocycles. The largest absolute Gasteiger partial charge is 0.490 e. The van der Waals surface area contributed by atoms with Gasteiger partial charge in [-0.05, 0) is 46.4 Å². The molecule has 0 amide bonds. The number of hydrogen-bond donors (Lipinski definition) is 2. The fraction of sp³-hybridized carbons (Fsp3) is 0.316. The maximum Gasteiger partial charge on any atom is 0.490 e. The number of rotatable bonds is 5. The second-order valence-corrected chi connectivity index (χ2v) is 6.14. The highest BCUT2D eigenvalue weighted by Crippen LogP contribution is 2.33. The van der Waals surface area contributed by atoms with Crippen molar-refractivity contribution in [3.05, 3.63) is 47.4 Å². The highest BCUT2D eigenvalue weighted by molar-refractivity contribution is 5.78. The number of halogens is 4. The average molecular weight is 417 g/mol. The summed E-state index contributed by atoms with van der Waals surface area (Å²) in [5.41, 5.74) is 2.57. The summed E-state index contributed by atoms with van der Waals surface area (Å²) in [6, 6.07) is 6.15. The number of aromatic nitrogens is 1. The first-order valence-electron chi connectivity index (χ1n) is 8.21. The van der Waals surface area contributed by atoms with E-state index < -0.39 is 18.1 Å². The van der Waals surface area contributed by atoms with Crippen molar-refractivity contribution < 1.29 is 42.1 Å². The predicted molar refractivity (Wildman–Crippen MR) is 95.3 cm³/mol. The SMILES string of the molecule is COc1cc(-c2cc(F)cc(C(C)C)c2CC(=O)O)ccn1.O=C(O)C(F)(F)F. The fourth-order valence-electron chi connectivity index (χ4n) is 2.47. The van der Waals surface area contributed by atoms with Crippen molar-refractivity contribution in [2.45, 2.75) is 32.4 Å². The molecule has 10 heteroatoms. The van der Waals surface area contributed by atoms with E-state index in [9.17, 15) is 27.5 Å². The monoisotopic (exact) mass is 417 g/mol. The first-order valence-corrected chi connectivity index (χ1v) is 8.21. The molecule has 6 nitrogen and oxygen atoms in total. The lowest BCUT2D eigenvalue weighted by Gasteiger charge is -2.17. The summed E-state index contributed by atoms with van der Waals surface area (Å²) in [6.45, 7) is 3.83. The number of carboxylic acid groups (broad SMARTS) is 2. The number of benzene rings is 1. The fourth-order valence-corrected chi connectivity index (χ4v) is 2.47. The van der Waals surface area contributed by atoms with Gasteiger partial charge in [-0.3, -0.25) is 4.79 Å². The Morgan fingerprint density at radius 2 is 1.76 bits per heavy atom. The van der Waals surface area contributed by atoms with Crippen LogP contribution in [0.5, 0.6) is 5.88 Å². The Morgan fingerprint density at radius 3 is 2.21 bits per heavy atom. The Kier molecular flexibility index (Phi) is 8.11. The molecule has 0 aliphatic heterocycles. The highest BCUT2D eigenvalue weighted by atomic mass is 19.4. The van der Waals surface area contributed by atoms with Crippen molar-refractivity contribution in [3.8, 4) is 17.0 Å². The van der Waals surface area contributed by atoms with Crippen molar-refractivity contribution in [1.82, 2.24) is 4.98 Å². The number of pyridine rings is 1. The molecule has 0 spiro atoms. The van der Waals surface area contributed by atoms with E-state index in [1.807, 2.05) is 13.8 Å². The summed E-state index contributed by atoms with van der Waals surface area (Å²) in [7, 11) is 1.50. The van der Waals surface area contributed by atoms with Gasteiger partial charge in [0.1, 0.15) is 5.82 Å². The van der Waals surface area contributed by atoms with Gasteiger partial charge in [-0.2, -0.15) is 13.2 Å². The first-order chi connectivity index (χ1) is 13.4. The molecule has 0 fully saturated rings. The van der Waals surface area contributed by atoms with Crippen LogP contribution in [0.2, 0.25) is 0 Å². The lowest BCUT2D eigenvalue weighted by molar-refractivity contribution is -0.192. The molecule has 1 heterocycles. The molecule has 0 unspecified atom stereocenters. The van der Waals surface area contributed by atoms with Gasteiger partial charge in [-0.25, -0.2) is 14.2 Å². The summed E-state index contributed by atoms with van der Waals surface area (Å²) in [5.74, 6) is -3.67. The Hall–Kier alpha value is -3.17. The van der Waals surface area contributed by atoms with Gasteiger partial charge >= 0.3 is 18.1 Å². The van der Waals surface area contributed by atoms with E-state index in [0.29, 0.717) is 28.1 Å². The van der Waals surface area contributed by atoms with Gasteiger partial charge < -0.3 is 14.9 Å². The van der Waals surface area contributed by atoms with Crippen LogP contribution in [0.1, 0.15) is 30.9 Å². The normalized spacial score (nSPS) is 10.9. The zero-order valence-electron chi connectivity index (χ0n) is 15.7. The number of aliphatic carboxylic acids is 2. The smallest absolute Gasteiger partial charge is 0.481 e. The molecule has 0 saturated carbocycles. The number of nitrogens with zero attached hydrogens (tertiary/aromatic N) is 1. The third-order valence-electron chi connectivity index (χ3n) is 3.70. The molecule has 0 atom stereocenters. The molecular weight excluding hydrogens is 398 g/mol. The summed E-state index contributed by atoms with van der Waals surface area (Å²) in [6.07, 6.45) is -3.69. The lowest BCUT2D eigenvalue weighted by atomic mass is 9.88. The number of alkyl halides is 3. The van der Waals surface area contributed by atoms with Gasteiger partial charge in [0.05, 0.1) is 13.5 Å². The van der Waals surface area contributed by atoms with E-state index in [0.717, 1.165) is 0 Å². The van der Waals surface area contributed by atoms with Crippen molar-refractivity contribution in [2.75, 3.05) is 7.11 Å². The zero-order valence-corrected chi connectivity index (χ0v) is 15.7. The molecule has 29 heavy (non-hydrogen) atoms. The van der Waals surface area contributed by atoms with Crippen molar-refractivity contribution >= 4 is 11.9 Å². The molecule has 2 N–H and O–H groups in total. The molecule has 0 bridgehead atoms. The number of hydrogen-bond acceptors (Lipinski definition) is 4. The van der Waals surface area contributed by atoms with Gasteiger partial charge in [0, 0.05) is 12.3 Å². The van der Waals surface area contributed by atoms with Gasteiger partial charge in [0.25, 0.3) is 0 Å². The number of carboxylic acids is 2. The molecule has 158 valence electrons. The maximum absolute atomic E-state index is 14.0. The lowest BCUT2D eigenvalue weighted by Crippen LogP contribution is -2.21. The third-order valence-corrected chi connectivity index (χ3v) is 3.70. The van der Waals surface area contributed by atoms with E-state index in [4.69, 9.17) is 14.6 Å². The van der Waals surface area contributed by atoms with E-state index in [1.54, 1.807) is 18.3 Å². The van der Waals surface area contributed by atoms with E-state index in [2.05, 4.69) is 4.98 Å². The topological polar surface area (TPSA) is 96.7 Å². The van der Waals surface area contributed by atoms with Gasteiger partial charge in [-0.1, -0.05) is 13.8 Å². The van der Waals surface area contributed by atoms with Crippen molar-refractivity contribution in [3.63, 3.8) is 0 Å². The number of carbonyl (C=O) groups is 2. The van der Waals surface area contributed by atoms with Crippen LogP contribution in [0.15, 0.2) is 30.5 Å². The molecule has 0 aliphatic rings. The zero-order chi connectivity index (χ0) is 22.4. The number of ether oxygens (including phenoxy) is 1. The summed E-state index contributed by atoms with van der Waals surface area (Å²) in [4.78, 5) is 24.1. The second kappa shape index (κ2) is 9.85. The molecule has 2 aromatic rings. The third kappa shape index (κ3) is 7.05. The Balaban J connectivity index is 0.000000516. The van der Waals surface area contributed by atoms with Crippen LogP contribution < -0.4 is 4.74 Å². The van der Waals surface area contributed by atoms with Crippen LogP contribution in [0.25, 0.3) is 11.1 Å². The summed E-state index contributed by atoms with van der Waals surface area (Å²) in [5, 5.41) is 16.3. The van der Waals surface area contributed by atoms with Crippen molar-refractivity contribution in [1.29, 1.82) is 0 Å². The van der Waals surface area contributed by atoms with Crippen LogP contribution in [0.4, 0.5) is 17.6 Å². The molecule has 2 rings (SSSR count). The Bertz CT molecular complexity index is 881. The standard InChI is InChI=1S/C17H18FNO3.C2HF3O2/c1-10(2)13-7-12(18)8-14(15(13)9-17(20)21)11-4-5-19-16(6-11)22-3;3-2(4,5)1(6)7/h4-8,10H,9H2,1-3H3,(H,20,21);(H,6,7). The Morgan fingerprint density at radius 1 is 1.17 bits per heavy atom. The Labute approximate surface area is 163 Å². The van der Waals surface area contributed by atoms with Crippen LogP contribution in [-0.4, -0.2) is 40.4 Å². The molecule has 0 aliphatic carbocycles. The second-order valence-electron chi connectivity index (χ2n) is 6.14. The van der Waals surface area contributed by atoms with E-state index in [-0.39, 0.29) is 18.2 Å². The van der Waals surface area contributed by atoms with Gasteiger partial charge in [0.2, 0.25) is 5.88 Å². The molecular formula is C19H19F4NO5. The van der Waals surface area contributed by atoms with E-state index >= 15 is 0 Å². The van der Waals surface area contributed by atoms with Gasteiger partial charge in [-0.15, -0.1) is 0 Å². The van der Waals surface area contributed by atoms with Crippen LogP contribution in [0, 0.1) is 5.82 Å². The summed E-state index contributed by atoms with van der Waals surface area (Å²) < 4.78 is 50.8. The highest BCUT2D eigenvalue weighted by Gasteiger charge is 2.38. The predicted octanol–water partition coefficient (Wildman–Crippen LogP) is 4.28. The quantitative estimate of drug-likeness (QED) is 0.705. The van der Waals surface area contributed by atoms with Crippen LogP contribution >= 0.6 is 0 Å². The van der Waals surface area contributed by atoms with E-state index in [1.165, 1.54) is 19.2 Å². The van der Waals surface area contributed by atoms with Crippen LogP contribution in [0.3, 0.4) is 0 Å². The molecule has 0 radical (unpaired) electrons. The first kappa shape index (κ1) is 23.9. The van der Waals surface area contributed by atoms with Crippen molar-refractivity contribution in [2.24, 2.45) is 0 Å². The molecule has 1 aromatic heterocycles. The minimum Gasteiger partial charge on any atom is -0.481 e. The number of methoxy groups -OCH3 is 1. The molecule has 1 aromatic carbocycles. The maximum atomic E-state index is 14.0. The summed E-state index contributed by atoms with van der Waals surface area (Å²) >= 11 is 0. The van der Waals surface area contributed by atoms with Gasteiger partial charge in [0.15, 0.2) is 0 Å². The minimum absolute atomic E-state index is 0.0209.